The third-order valence-electron chi connectivity index (χ3n) is 6.54. The van der Waals surface area contributed by atoms with E-state index in [4.69, 9.17) is 4.98 Å². The Kier molecular flexibility index (Phi) is 5.08. The first-order valence-corrected chi connectivity index (χ1v) is 11.1. The molecule has 150 valence electrons. The molecule has 2 aliphatic carbocycles. The van der Waals surface area contributed by atoms with E-state index in [1.165, 1.54) is 73.0 Å². The first-order valence-electron chi connectivity index (χ1n) is 11.1. The molecule has 0 aliphatic heterocycles. The number of hydrogen-bond acceptors (Lipinski definition) is 5. The van der Waals surface area contributed by atoms with Crippen molar-refractivity contribution in [2.24, 2.45) is 0 Å². The summed E-state index contributed by atoms with van der Waals surface area (Å²) in [6.45, 7) is 2.16. The molecule has 0 saturated heterocycles. The van der Waals surface area contributed by atoms with Gasteiger partial charge in [0.2, 0.25) is 0 Å². The fourth-order valence-electron chi connectivity index (χ4n) is 5.08. The van der Waals surface area contributed by atoms with Crippen molar-refractivity contribution in [1.82, 2.24) is 30.6 Å². The van der Waals surface area contributed by atoms with E-state index in [1.54, 1.807) is 0 Å². The van der Waals surface area contributed by atoms with Gasteiger partial charge in [-0.05, 0) is 84.2 Å². The van der Waals surface area contributed by atoms with Crippen LogP contribution < -0.4 is 0 Å². The van der Waals surface area contributed by atoms with Gasteiger partial charge in [-0.1, -0.05) is 26.2 Å². The molecule has 0 amide bonds. The topological polar surface area (TPSA) is 80.2 Å². The van der Waals surface area contributed by atoms with Gasteiger partial charge in [0.1, 0.15) is 0 Å². The van der Waals surface area contributed by atoms with E-state index in [0.717, 1.165) is 36.3 Å². The summed E-state index contributed by atoms with van der Waals surface area (Å²) in [6, 6.07) is 4.39. The van der Waals surface area contributed by atoms with E-state index >= 15 is 0 Å². The Morgan fingerprint density at radius 1 is 1.03 bits per heavy atom. The van der Waals surface area contributed by atoms with Gasteiger partial charge in [0.25, 0.3) is 0 Å². The Labute approximate surface area is 171 Å². The maximum absolute atomic E-state index is 5.31. The lowest BCUT2D eigenvalue weighted by atomic mass is 9.86. The van der Waals surface area contributed by atoms with Gasteiger partial charge in [-0.3, -0.25) is 9.97 Å². The number of tetrazole rings is 1. The molecule has 0 spiro atoms. The molecule has 1 N–H and O–H groups in total. The number of aryl methyl sites for hydroxylation is 2. The van der Waals surface area contributed by atoms with Crippen LogP contribution in [-0.4, -0.2) is 30.6 Å². The van der Waals surface area contributed by atoms with Crippen LogP contribution in [-0.2, 0) is 19.3 Å². The summed E-state index contributed by atoms with van der Waals surface area (Å²) >= 11 is 0. The normalized spacial score (nSPS) is 17.3. The smallest absolute Gasteiger partial charge is 0.181 e. The molecular formula is C23H28N6. The van der Waals surface area contributed by atoms with Crippen molar-refractivity contribution in [3.63, 3.8) is 0 Å². The number of nitrogens with zero attached hydrogens (tertiary/aromatic N) is 5. The summed E-state index contributed by atoms with van der Waals surface area (Å²) in [6.07, 6.45) is 13.7. The van der Waals surface area contributed by atoms with Crippen LogP contribution >= 0.6 is 0 Å². The third kappa shape index (κ3) is 3.45. The monoisotopic (exact) mass is 388 g/mol. The SMILES string of the molecule is CCc1cc(-c2c3c(nc(C4CCCC4)c2-c2nnn[nH]2)CCCCC3)ccn1. The van der Waals surface area contributed by atoms with Gasteiger partial charge < -0.3 is 0 Å². The molecule has 0 radical (unpaired) electrons. The Balaban J connectivity index is 1.82. The van der Waals surface area contributed by atoms with Crippen LogP contribution in [0.15, 0.2) is 18.3 Å². The second-order valence-corrected chi connectivity index (χ2v) is 8.35. The Morgan fingerprint density at radius 3 is 2.69 bits per heavy atom. The van der Waals surface area contributed by atoms with Gasteiger partial charge in [0, 0.05) is 23.5 Å². The summed E-state index contributed by atoms with van der Waals surface area (Å²) in [5.74, 6) is 1.24. The van der Waals surface area contributed by atoms with Gasteiger partial charge in [0.05, 0.1) is 11.3 Å². The van der Waals surface area contributed by atoms with E-state index in [-0.39, 0.29) is 0 Å². The minimum atomic E-state index is 0.495. The van der Waals surface area contributed by atoms with Gasteiger partial charge in [-0.25, -0.2) is 5.10 Å². The molecule has 0 unspecified atom stereocenters. The minimum Gasteiger partial charge on any atom is -0.261 e. The van der Waals surface area contributed by atoms with Crippen LogP contribution in [0, 0.1) is 0 Å². The molecule has 3 aromatic heterocycles. The summed E-state index contributed by atoms with van der Waals surface area (Å²) in [5, 5.41) is 15.2. The number of aromatic nitrogens is 6. The zero-order valence-corrected chi connectivity index (χ0v) is 17.1. The van der Waals surface area contributed by atoms with Gasteiger partial charge in [-0.15, -0.1) is 5.10 Å². The third-order valence-corrected chi connectivity index (χ3v) is 6.54. The second-order valence-electron chi connectivity index (χ2n) is 8.35. The highest BCUT2D eigenvalue weighted by Gasteiger charge is 2.30. The molecule has 29 heavy (non-hydrogen) atoms. The summed E-state index contributed by atoms with van der Waals surface area (Å²) < 4.78 is 0. The highest BCUT2D eigenvalue weighted by atomic mass is 15.5. The molecular weight excluding hydrogens is 360 g/mol. The van der Waals surface area contributed by atoms with Crippen LogP contribution in [0.4, 0.5) is 0 Å². The van der Waals surface area contributed by atoms with Gasteiger partial charge >= 0.3 is 0 Å². The largest absolute Gasteiger partial charge is 0.261 e. The molecule has 5 rings (SSSR count). The number of H-pyrrole nitrogens is 1. The molecule has 3 aromatic rings. The number of pyridine rings is 2. The molecule has 1 fully saturated rings. The average molecular weight is 389 g/mol. The van der Waals surface area contributed by atoms with E-state index in [0.29, 0.717) is 5.92 Å². The summed E-state index contributed by atoms with van der Waals surface area (Å²) in [5.41, 5.74) is 8.64. The van der Waals surface area contributed by atoms with Crippen molar-refractivity contribution in [2.75, 3.05) is 0 Å². The second kappa shape index (κ2) is 8.01. The van der Waals surface area contributed by atoms with Crippen molar-refractivity contribution in [2.45, 2.75) is 77.0 Å². The lowest BCUT2D eigenvalue weighted by Gasteiger charge is -2.22. The van der Waals surface area contributed by atoms with Crippen molar-refractivity contribution in [1.29, 1.82) is 0 Å². The average Bonchev–Trinajstić information content (AvgIpc) is 3.44. The first kappa shape index (κ1) is 18.4. The Morgan fingerprint density at radius 2 is 1.90 bits per heavy atom. The molecule has 6 heteroatoms. The Bertz CT molecular complexity index is 989. The first-order chi connectivity index (χ1) is 14.3. The minimum absolute atomic E-state index is 0.495. The van der Waals surface area contributed by atoms with E-state index < -0.39 is 0 Å². The number of nitrogens with one attached hydrogen (secondary N) is 1. The number of fused-ring (bicyclic) bond motifs is 1. The molecule has 0 bridgehead atoms. The zero-order valence-electron chi connectivity index (χ0n) is 17.1. The quantitative estimate of drug-likeness (QED) is 0.649. The van der Waals surface area contributed by atoms with Gasteiger partial charge in [-0.2, -0.15) is 0 Å². The standard InChI is InChI=1S/C23H28N6/c1-2-17-14-16(12-13-24-17)20-18-10-4-3-5-11-19(18)25-22(15-8-6-7-9-15)21(20)23-26-28-29-27-23/h12-15H,2-11H2,1H3,(H,26,27,28,29). The van der Waals surface area contributed by atoms with E-state index in [2.05, 4.69) is 44.7 Å². The van der Waals surface area contributed by atoms with Crippen molar-refractivity contribution in [3.05, 3.63) is 41.0 Å². The fraction of sp³-hybridized carbons (Fsp3) is 0.522. The lowest BCUT2D eigenvalue weighted by Crippen LogP contribution is -2.10. The van der Waals surface area contributed by atoms with Crippen LogP contribution in [0.5, 0.6) is 0 Å². The molecule has 0 aromatic carbocycles. The van der Waals surface area contributed by atoms with Crippen LogP contribution in [0.3, 0.4) is 0 Å². The highest BCUT2D eigenvalue weighted by molar-refractivity contribution is 5.85. The maximum atomic E-state index is 5.31. The molecule has 2 aliphatic rings. The molecule has 6 nitrogen and oxygen atoms in total. The van der Waals surface area contributed by atoms with E-state index in [1.807, 2.05) is 6.20 Å². The highest BCUT2D eigenvalue weighted by Crippen LogP contribution is 2.44. The number of rotatable bonds is 4. The molecule has 0 atom stereocenters. The summed E-state index contributed by atoms with van der Waals surface area (Å²) in [7, 11) is 0. The molecule has 3 heterocycles. The number of hydrogen-bond donors (Lipinski definition) is 1. The van der Waals surface area contributed by atoms with E-state index in [9.17, 15) is 0 Å². The summed E-state index contributed by atoms with van der Waals surface area (Å²) in [4.78, 5) is 9.85. The zero-order chi connectivity index (χ0) is 19.6. The Hall–Kier alpha value is -2.63. The van der Waals surface area contributed by atoms with Crippen molar-refractivity contribution in [3.8, 4) is 22.5 Å². The van der Waals surface area contributed by atoms with Gasteiger partial charge in [0.15, 0.2) is 5.82 Å². The van der Waals surface area contributed by atoms with Crippen LogP contribution in [0.1, 0.15) is 80.4 Å². The predicted molar refractivity (Wildman–Crippen MR) is 112 cm³/mol. The number of aromatic amines is 1. The fourth-order valence-corrected chi connectivity index (χ4v) is 5.08. The molecule has 1 saturated carbocycles. The van der Waals surface area contributed by atoms with Crippen LogP contribution in [0.2, 0.25) is 0 Å². The van der Waals surface area contributed by atoms with Crippen molar-refractivity contribution < 1.29 is 0 Å². The van der Waals surface area contributed by atoms with Crippen LogP contribution in [0.25, 0.3) is 22.5 Å². The predicted octanol–water partition coefficient (Wildman–Crippen LogP) is 4.81. The maximum Gasteiger partial charge on any atom is 0.181 e. The van der Waals surface area contributed by atoms with Crippen molar-refractivity contribution >= 4 is 0 Å². The lowest BCUT2D eigenvalue weighted by molar-refractivity contribution is 0.684.